The van der Waals surface area contributed by atoms with Gasteiger partial charge in [0.25, 0.3) is 5.91 Å². The molecule has 0 spiro atoms. The molecule has 2 aromatic carbocycles. The Morgan fingerprint density at radius 3 is 2.34 bits per heavy atom. The molecule has 29 heavy (non-hydrogen) atoms. The number of amides is 1. The molecule has 0 saturated carbocycles. The second-order valence-corrected chi connectivity index (χ2v) is 9.92. The second kappa shape index (κ2) is 8.64. The lowest BCUT2D eigenvalue weighted by atomic mass is 9.86. The summed E-state index contributed by atoms with van der Waals surface area (Å²) >= 11 is 1.59. The number of benzene rings is 2. The first-order valence-electron chi connectivity index (χ1n) is 10.1. The normalized spacial score (nSPS) is 12.0. The third-order valence-electron chi connectivity index (χ3n) is 4.99. The first-order valence-corrected chi connectivity index (χ1v) is 10.9. The number of hydrogen-bond donors (Lipinski definition) is 0. The predicted octanol–water partition coefficient (Wildman–Crippen LogP) is 5.50. The first kappa shape index (κ1) is 21.5. The molecule has 5 heteroatoms. The van der Waals surface area contributed by atoms with E-state index >= 15 is 0 Å². The van der Waals surface area contributed by atoms with Gasteiger partial charge in [0.15, 0.2) is 5.13 Å². The topological polar surface area (TPSA) is 36.4 Å². The van der Waals surface area contributed by atoms with Gasteiger partial charge in [0.2, 0.25) is 0 Å². The molecule has 0 aliphatic rings. The second-order valence-electron chi connectivity index (χ2n) is 8.91. The molecule has 1 amide bonds. The Kier molecular flexibility index (Phi) is 6.39. The number of nitrogens with zero attached hydrogens (tertiary/aromatic N) is 3. The summed E-state index contributed by atoms with van der Waals surface area (Å²) < 4.78 is 1.12. The molecule has 0 bridgehead atoms. The maximum atomic E-state index is 13.4. The van der Waals surface area contributed by atoms with Gasteiger partial charge in [0, 0.05) is 12.1 Å². The van der Waals surface area contributed by atoms with Crippen LogP contribution in [0.2, 0.25) is 0 Å². The van der Waals surface area contributed by atoms with Gasteiger partial charge in [-0.25, -0.2) is 4.98 Å². The maximum Gasteiger partial charge on any atom is 0.260 e. The Bertz CT molecular complexity index is 984. The minimum absolute atomic E-state index is 0.0139. The fourth-order valence-corrected chi connectivity index (χ4v) is 4.32. The molecular formula is C24H31N3OS. The Morgan fingerprint density at radius 1 is 1.03 bits per heavy atom. The van der Waals surface area contributed by atoms with Crippen LogP contribution < -0.4 is 4.90 Å². The van der Waals surface area contributed by atoms with E-state index in [1.165, 1.54) is 11.1 Å². The fraction of sp³-hybridized carbons (Fsp3) is 0.417. The molecule has 1 heterocycles. The van der Waals surface area contributed by atoms with Crippen LogP contribution in [0.1, 0.15) is 48.7 Å². The SMILES string of the molecule is Cc1ccc2nc(N(CCCN(C)C)C(=O)c3ccc(C(C)(C)C)cc3)sc2c1. The van der Waals surface area contributed by atoms with Gasteiger partial charge in [-0.3, -0.25) is 9.69 Å². The van der Waals surface area contributed by atoms with Crippen molar-refractivity contribution in [3.8, 4) is 0 Å². The van der Waals surface area contributed by atoms with Gasteiger partial charge in [-0.05, 0) is 74.8 Å². The third kappa shape index (κ3) is 5.22. The van der Waals surface area contributed by atoms with Crippen LogP contribution in [0.5, 0.6) is 0 Å². The number of carbonyl (C=O) groups excluding carboxylic acids is 1. The number of thiazole rings is 1. The Morgan fingerprint density at radius 2 is 1.72 bits per heavy atom. The summed E-state index contributed by atoms with van der Waals surface area (Å²) in [4.78, 5) is 22.2. The van der Waals surface area contributed by atoms with E-state index < -0.39 is 0 Å². The predicted molar refractivity (Wildman–Crippen MR) is 124 cm³/mol. The highest BCUT2D eigenvalue weighted by Gasteiger charge is 2.22. The first-order chi connectivity index (χ1) is 13.6. The summed E-state index contributed by atoms with van der Waals surface area (Å²) in [5, 5.41) is 0.772. The van der Waals surface area contributed by atoms with Crippen molar-refractivity contribution in [2.75, 3.05) is 32.1 Å². The Balaban J connectivity index is 1.92. The molecule has 0 aliphatic heterocycles. The van der Waals surface area contributed by atoms with Crippen LogP contribution in [0.4, 0.5) is 5.13 Å². The molecule has 0 saturated heterocycles. The zero-order valence-electron chi connectivity index (χ0n) is 18.3. The fourth-order valence-electron chi connectivity index (χ4n) is 3.23. The van der Waals surface area contributed by atoms with E-state index in [4.69, 9.17) is 4.98 Å². The number of rotatable bonds is 6. The van der Waals surface area contributed by atoms with E-state index in [0.29, 0.717) is 12.1 Å². The lowest BCUT2D eigenvalue weighted by Crippen LogP contribution is -2.33. The molecule has 0 unspecified atom stereocenters. The van der Waals surface area contributed by atoms with E-state index in [1.54, 1.807) is 11.3 Å². The highest BCUT2D eigenvalue weighted by Crippen LogP contribution is 2.31. The van der Waals surface area contributed by atoms with Crippen molar-refractivity contribution in [2.24, 2.45) is 0 Å². The van der Waals surface area contributed by atoms with Crippen LogP contribution in [0, 0.1) is 6.92 Å². The van der Waals surface area contributed by atoms with Crippen molar-refractivity contribution in [1.82, 2.24) is 9.88 Å². The van der Waals surface area contributed by atoms with E-state index in [1.807, 2.05) is 23.1 Å². The Hall–Kier alpha value is -2.24. The van der Waals surface area contributed by atoms with Crippen molar-refractivity contribution in [3.05, 3.63) is 59.2 Å². The van der Waals surface area contributed by atoms with Gasteiger partial charge < -0.3 is 4.90 Å². The molecule has 1 aromatic heterocycles. The molecule has 4 nitrogen and oxygen atoms in total. The average molecular weight is 410 g/mol. The third-order valence-corrected chi connectivity index (χ3v) is 6.03. The van der Waals surface area contributed by atoms with Crippen LogP contribution in [0.25, 0.3) is 10.2 Å². The highest BCUT2D eigenvalue weighted by molar-refractivity contribution is 7.22. The summed E-state index contributed by atoms with van der Waals surface area (Å²) in [6.45, 7) is 10.2. The van der Waals surface area contributed by atoms with Crippen molar-refractivity contribution >= 4 is 32.6 Å². The molecule has 0 atom stereocenters. The van der Waals surface area contributed by atoms with Crippen LogP contribution in [-0.4, -0.2) is 43.0 Å². The van der Waals surface area contributed by atoms with E-state index in [2.05, 4.69) is 71.0 Å². The largest absolute Gasteiger partial charge is 0.309 e. The molecule has 0 radical (unpaired) electrons. The average Bonchev–Trinajstić information content (AvgIpc) is 3.06. The molecular weight excluding hydrogens is 378 g/mol. The van der Waals surface area contributed by atoms with E-state index in [-0.39, 0.29) is 11.3 Å². The van der Waals surface area contributed by atoms with Crippen molar-refractivity contribution in [2.45, 2.75) is 39.5 Å². The monoisotopic (exact) mass is 409 g/mol. The summed E-state index contributed by atoms with van der Waals surface area (Å²) in [6, 6.07) is 14.2. The van der Waals surface area contributed by atoms with Crippen LogP contribution in [0.3, 0.4) is 0 Å². The number of hydrogen-bond acceptors (Lipinski definition) is 4. The lowest BCUT2D eigenvalue weighted by Gasteiger charge is -2.22. The summed E-state index contributed by atoms with van der Waals surface area (Å²) in [6.07, 6.45) is 0.897. The summed E-state index contributed by atoms with van der Waals surface area (Å²) in [5.74, 6) is 0.0139. The van der Waals surface area contributed by atoms with Gasteiger partial charge in [0.05, 0.1) is 10.2 Å². The van der Waals surface area contributed by atoms with Crippen LogP contribution in [-0.2, 0) is 5.41 Å². The van der Waals surface area contributed by atoms with Gasteiger partial charge in [0.1, 0.15) is 0 Å². The number of aryl methyl sites for hydroxylation is 1. The maximum absolute atomic E-state index is 13.4. The van der Waals surface area contributed by atoms with Gasteiger partial charge in [-0.15, -0.1) is 0 Å². The van der Waals surface area contributed by atoms with Crippen molar-refractivity contribution in [3.63, 3.8) is 0 Å². The standard InChI is InChI=1S/C24H31N3OS/c1-17-8-13-20-21(16-17)29-23(25-20)27(15-7-14-26(5)6)22(28)18-9-11-19(12-10-18)24(2,3)4/h8-13,16H,7,14-15H2,1-6H3. The van der Waals surface area contributed by atoms with Crippen molar-refractivity contribution < 1.29 is 4.79 Å². The van der Waals surface area contributed by atoms with Gasteiger partial charge >= 0.3 is 0 Å². The minimum Gasteiger partial charge on any atom is -0.309 e. The Labute approximate surface area is 178 Å². The number of anilines is 1. The molecule has 154 valence electrons. The summed E-state index contributed by atoms with van der Waals surface area (Å²) in [7, 11) is 4.11. The highest BCUT2D eigenvalue weighted by atomic mass is 32.1. The molecule has 3 aromatic rings. The quantitative estimate of drug-likeness (QED) is 0.539. The number of aromatic nitrogens is 1. The van der Waals surface area contributed by atoms with Crippen LogP contribution in [0.15, 0.2) is 42.5 Å². The molecule has 0 fully saturated rings. The van der Waals surface area contributed by atoms with Crippen LogP contribution >= 0.6 is 11.3 Å². The van der Waals surface area contributed by atoms with E-state index in [0.717, 1.165) is 28.3 Å². The zero-order chi connectivity index (χ0) is 21.2. The molecule has 0 aliphatic carbocycles. The zero-order valence-corrected chi connectivity index (χ0v) is 19.1. The number of carbonyl (C=O) groups is 1. The lowest BCUT2D eigenvalue weighted by molar-refractivity contribution is 0.0986. The minimum atomic E-state index is 0.0139. The summed E-state index contributed by atoms with van der Waals surface area (Å²) in [5.41, 5.74) is 4.15. The number of fused-ring (bicyclic) bond motifs is 1. The van der Waals surface area contributed by atoms with Gasteiger partial charge in [-0.1, -0.05) is 50.3 Å². The molecule has 3 rings (SSSR count). The smallest absolute Gasteiger partial charge is 0.260 e. The van der Waals surface area contributed by atoms with E-state index in [9.17, 15) is 4.79 Å². The van der Waals surface area contributed by atoms with Gasteiger partial charge in [-0.2, -0.15) is 0 Å². The van der Waals surface area contributed by atoms with Crippen molar-refractivity contribution in [1.29, 1.82) is 0 Å². The molecule has 0 N–H and O–H groups in total.